The summed E-state index contributed by atoms with van der Waals surface area (Å²) in [5.41, 5.74) is 2.40. The van der Waals surface area contributed by atoms with Crippen LogP contribution in [0.25, 0.3) is 0 Å². The Morgan fingerprint density at radius 2 is 2.39 bits per heavy atom. The number of nitrogen functional groups attached to an aromatic ring is 1. The molecule has 2 rings (SSSR count). The Bertz CT molecular complexity index is 399. The maximum atomic E-state index is 6.05. The predicted octanol–water partition coefficient (Wildman–Crippen LogP) is 1.28. The molecule has 0 aromatic carbocycles. The fourth-order valence-electron chi connectivity index (χ4n) is 1.54. The highest BCUT2D eigenvalue weighted by Crippen LogP contribution is 2.28. The number of ether oxygens (including phenoxy) is 1. The van der Waals surface area contributed by atoms with E-state index in [-0.39, 0.29) is 0 Å². The van der Waals surface area contributed by atoms with E-state index in [0.29, 0.717) is 23.4 Å². The van der Waals surface area contributed by atoms with Crippen LogP contribution in [0, 0.1) is 5.92 Å². The molecule has 0 saturated heterocycles. The zero-order chi connectivity index (χ0) is 13.0. The van der Waals surface area contributed by atoms with Crippen molar-refractivity contribution >= 4 is 23.4 Å². The van der Waals surface area contributed by atoms with Crippen LogP contribution in [0.5, 0.6) is 0 Å². The summed E-state index contributed by atoms with van der Waals surface area (Å²) < 4.78 is 5.58. The fourth-order valence-corrected chi connectivity index (χ4v) is 1.77. The Morgan fingerprint density at radius 3 is 3.06 bits per heavy atom. The van der Waals surface area contributed by atoms with Gasteiger partial charge in [0, 0.05) is 20.2 Å². The highest BCUT2D eigenvalue weighted by molar-refractivity contribution is 6.32. The van der Waals surface area contributed by atoms with Crippen molar-refractivity contribution in [3.63, 3.8) is 0 Å². The number of nitrogens with two attached hydrogens (primary N) is 1. The number of likely N-dealkylation sites (N-methyl/N-ethyl adjacent to an activating group) is 1. The number of nitrogens with zero attached hydrogens (tertiary/aromatic N) is 3. The van der Waals surface area contributed by atoms with E-state index >= 15 is 0 Å². The van der Waals surface area contributed by atoms with Crippen LogP contribution in [0.15, 0.2) is 6.20 Å². The molecule has 1 aromatic rings. The minimum atomic E-state index is 0.347. The molecule has 3 N–H and O–H groups in total. The molecule has 1 saturated carbocycles. The summed E-state index contributed by atoms with van der Waals surface area (Å²) in [5, 5.41) is 0.499. The molecule has 0 bridgehead atoms. The van der Waals surface area contributed by atoms with Gasteiger partial charge in [-0.1, -0.05) is 11.6 Å². The average Bonchev–Trinajstić information content (AvgIpc) is 3.19. The zero-order valence-electron chi connectivity index (χ0n) is 10.4. The van der Waals surface area contributed by atoms with Gasteiger partial charge in [-0.15, -0.1) is 0 Å². The Balaban J connectivity index is 1.84. The van der Waals surface area contributed by atoms with Crippen molar-refractivity contribution in [3.05, 3.63) is 11.2 Å². The van der Waals surface area contributed by atoms with Crippen LogP contribution >= 0.6 is 11.6 Å². The average molecular weight is 272 g/mol. The lowest BCUT2D eigenvalue weighted by Crippen LogP contribution is -2.25. The van der Waals surface area contributed by atoms with Crippen molar-refractivity contribution in [1.82, 2.24) is 9.97 Å². The van der Waals surface area contributed by atoms with Gasteiger partial charge in [0.15, 0.2) is 5.82 Å². The van der Waals surface area contributed by atoms with E-state index in [1.807, 2.05) is 11.9 Å². The van der Waals surface area contributed by atoms with Crippen LogP contribution in [0.2, 0.25) is 5.02 Å². The minimum absolute atomic E-state index is 0.347. The van der Waals surface area contributed by atoms with Gasteiger partial charge in [-0.3, -0.25) is 5.43 Å². The molecule has 1 aromatic heterocycles. The fraction of sp³-hybridized carbons (Fsp3) is 0.636. The van der Waals surface area contributed by atoms with Crippen molar-refractivity contribution in [1.29, 1.82) is 0 Å². The molecule has 7 heteroatoms. The van der Waals surface area contributed by atoms with Gasteiger partial charge in [0.25, 0.3) is 0 Å². The summed E-state index contributed by atoms with van der Waals surface area (Å²) in [4.78, 5) is 10.1. The number of aromatic nitrogens is 2. The molecule has 0 unspecified atom stereocenters. The van der Waals surface area contributed by atoms with Crippen LogP contribution in [0.4, 0.5) is 11.8 Å². The number of hydrazine groups is 1. The monoisotopic (exact) mass is 271 g/mol. The molecule has 100 valence electrons. The lowest BCUT2D eigenvalue weighted by molar-refractivity contribution is 0.131. The van der Waals surface area contributed by atoms with E-state index in [2.05, 4.69) is 15.4 Å². The number of anilines is 2. The number of hydrogen-bond donors (Lipinski definition) is 2. The Kier molecular flexibility index (Phi) is 4.57. The lowest BCUT2D eigenvalue weighted by Gasteiger charge is -2.19. The van der Waals surface area contributed by atoms with E-state index in [0.717, 1.165) is 19.1 Å². The van der Waals surface area contributed by atoms with Gasteiger partial charge in [-0.05, 0) is 18.8 Å². The number of hydrogen-bond acceptors (Lipinski definition) is 6. The first-order chi connectivity index (χ1) is 8.70. The normalized spacial score (nSPS) is 14.6. The lowest BCUT2D eigenvalue weighted by atomic mass is 10.4. The third-order valence-electron chi connectivity index (χ3n) is 2.84. The molecule has 0 radical (unpaired) electrons. The molecule has 0 amide bonds. The number of rotatable bonds is 7. The third-order valence-corrected chi connectivity index (χ3v) is 3.10. The first kappa shape index (κ1) is 13.3. The first-order valence-electron chi connectivity index (χ1n) is 5.98. The molecule has 1 fully saturated rings. The Hall–Kier alpha value is -1.11. The van der Waals surface area contributed by atoms with Gasteiger partial charge >= 0.3 is 0 Å². The largest absolute Gasteiger partial charge is 0.379 e. The summed E-state index contributed by atoms with van der Waals surface area (Å²) in [6.45, 7) is 2.26. The molecule has 0 spiro atoms. The second-order valence-corrected chi connectivity index (χ2v) is 4.86. The van der Waals surface area contributed by atoms with Crippen molar-refractivity contribution in [2.45, 2.75) is 12.8 Å². The molecule has 1 aliphatic rings. The van der Waals surface area contributed by atoms with E-state index in [1.165, 1.54) is 19.0 Å². The summed E-state index contributed by atoms with van der Waals surface area (Å²) in [6.07, 6.45) is 4.14. The van der Waals surface area contributed by atoms with Crippen molar-refractivity contribution in [2.75, 3.05) is 37.1 Å². The van der Waals surface area contributed by atoms with Gasteiger partial charge in [0.05, 0.1) is 12.8 Å². The summed E-state index contributed by atoms with van der Waals surface area (Å²) in [7, 11) is 1.91. The van der Waals surface area contributed by atoms with E-state index < -0.39 is 0 Å². The van der Waals surface area contributed by atoms with Crippen LogP contribution in [0.1, 0.15) is 12.8 Å². The summed E-state index contributed by atoms with van der Waals surface area (Å²) in [5.74, 6) is 7.05. The van der Waals surface area contributed by atoms with Crippen molar-refractivity contribution in [2.24, 2.45) is 11.8 Å². The van der Waals surface area contributed by atoms with Gasteiger partial charge in [-0.25, -0.2) is 10.8 Å². The SMILES string of the molecule is CN(CCOCC1CC1)c1nc(NN)ncc1Cl. The molecule has 1 heterocycles. The van der Waals surface area contributed by atoms with E-state index in [9.17, 15) is 0 Å². The smallest absolute Gasteiger partial charge is 0.239 e. The molecule has 0 atom stereocenters. The van der Waals surface area contributed by atoms with E-state index in [4.69, 9.17) is 22.2 Å². The van der Waals surface area contributed by atoms with Gasteiger partial charge in [0.2, 0.25) is 5.95 Å². The van der Waals surface area contributed by atoms with Gasteiger partial charge < -0.3 is 9.64 Å². The highest BCUT2D eigenvalue weighted by atomic mass is 35.5. The quantitative estimate of drug-likeness (QED) is 0.442. The second kappa shape index (κ2) is 6.17. The summed E-state index contributed by atoms with van der Waals surface area (Å²) >= 11 is 6.05. The topological polar surface area (TPSA) is 76.3 Å². The van der Waals surface area contributed by atoms with Crippen LogP contribution in [-0.2, 0) is 4.74 Å². The summed E-state index contributed by atoms with van der Waals surface area (Å²) in [6, 6.07) is 0. The molecule has 0 aliphatic heterocycles. The molecular formula is C11H18ClN5O. The number of nitrogens with one attached hydrogen (secondary N) is 1. The second-order valence-electron chi connectivity index (χ2n) is 4.45. The highest BCUT2D eigenvalue weighted by Gasteiger charge is 2.21. The van der Waals surface area contributed by atoms with Gasteiger partial charge in [-0.2, -0.15) is 4.98 Å². The maximum absolute atomic E-state index is 6.05. The third kappa shape index (κ3) is 3.69. The van der Waals surface area contributed by atoms with E-state index in [1.54, 1.807) is 0 Å². The molecular weight excluding hydrogens is 254 g/mol. The van der Waals surface area contributed by atoms with Crippen LogP contribution in [0.3, 0.4) is 0 Å². The maximum Gasteiger partial charge on any atom is 0.239 e. The predicted molar refractivity (Wildman–Crippen MR) is 71.7 cm³/mol. The zero-order valence-corrected chi connectivity index (χ0v) is 11.2. The molecule has 6 nitrogen and oxygen atoms in total. The molecule has 18 heavy (non-hydrogen) atoms. The number of halogens is 1. The van der Waals surface area contributed by atoms with Crippen molar-refractivity contribution < 1.29 is 4.74 Å². The Morgan fingerprint density at radius 1 is 1.61 bits per heavy atom. The Labute approximate surface area is 111 Å². The van der Waals surface area contributed by atoms with Crippen molar-refractivity contribution in [3.8, 4) is 0 Å². The van der Waals surface area contributed by atoms with Crippen LogP contribution in [-0.4, -0.2) is 36.8 Å². The first-order valence-corrected chi connectivity index (χ1v) is 6.36. The minimum Gasteiger partial charge on any atom is -0.379 e. The standard InChI is InChI=1S/C11H18ClN5O/c1-17(4-5-18-7-8-2-3-8)10-9(12)6-14-11(15-10)16-13/h6,8H,2-5,7,13H2,1H3,(H,14,15,16). The molecule has 1 aliphatic carbocycles. The van der Waals surface area contributed by atoms with Gasteiger partial charge in [0.1, 0.15) is 5.02 Å². The van der Waals surface area contributed by atoms with Crippen LogP contribution < -0.4 is 16.2 Å².